The molecular formula is C8H12O2. The number of rotatable bonds is 1. The Balaban J connectivity index is 2.49. The highest BCUT2D eigenvalue weighted by Crippen LogP contribution is 2.16. The van der Waals surface area contributed by atoms with Crippen LogP contribution >= 0.6 is 0 Å². The molecule has 1 rings (SSSR count). The van der Waals surface area contributed by atoms with Gasteiger partial charge < -0.3 is 5.11 Å². The first-order valence-electron chi connectivity index (χ1n) is 3.70. The zero-order chi connectivity index (χ0) is 7.40. The Morgan fingerprint density at radius 2 is 2.30 bits per heavy atom. The van der Waals surface area contributed by atoms with Crippen LogP contribution in [0.1, 0.15) is 25.7 Å². The molecule has 0 amide bonds. The topological polar surface area (TPSA) is 37.3 Å². The standard InChI is InChI=1S/C8H12O2/c9-8(10)7-5-3-1-2-4-6-7/h3,5,7H,1-2,4,6H2,(H,9,10). The summed E-state index contributed by atoms with van der Waals surface area (Å²) in [6.45, 7) is 0. The van der Waals surface area contributed by atoms with Gasteiger partial charge in [-0.2, -0.15) is 0 Å². The van der Waals surface area contributed by atoms with Crippen LogP contribution in [0, 0.1) is 5.92 Å². The van der Waals surface area contributed by atoms with Gasteiger partial charge in [0.1, 0.15) is 0 Å². The molecule has 56 valence electrons. The molecular weight excluding hydrogens is 128 g/mol. The van der Waals surface area contributed by atoms with Gasteiger partial charge in [0.15, 0.2) is 0 Å². The maximum Gasteiger partial charge on any atom is 0.310 e. The molecule has 0 aromatic carbocycles. The second-order valence-electron chi connectivity index (χ2n) is 2.66. The molecule has 1 unspecified atom stereocenters. The summed E-state index contributed by atoms with van der Waals surface area (Å²) in [7, 11) is 0. The first-order chi connectivity index (χ1) is 4.80. The van der Waals surface area contributed by atoms with Gasteiger partial charge in [0.2, 0.25) is 0 Å². The highest BCUT2D eigenvalue weighted by molar-refractivity contribution is 5.72. The molecule has 0 saturated carbocycles. The van der Waals surface area contributed by atoms with E-state index in [0.29, 0.717) is 0 Å². The molecule has 0 radical (unpaired) electrons. The van der Waals surface area contributed by atoms with Crippen molar-refractivity contribution < 1.29 is 9.90 Å². The van der Waals surface area contributed by atoms with Crippen molar-refractivity contribution in [2.75, 3.05) is 0 Å². The molecule has 0 saturated heterocycles. The highest BCUT2D eigenvalue weighted by atomic mass is 16.4. The summed E-state index contributed by atoms with van der Waals surface area (Å²) in [6.07, 6.45) is 7.83. The van der Waals surface area contributed by atoms with E-state index in [1.165, 1.54) is 0 Å². The number of carboxylic acid groups (broad SMARTS) is 1. The summed E-state index contributed by atoms with van der Waals surface area (Å²) in [5.41, 5.74) is 0. The van der Waals surface area contributed by atoms with E-state index in [0.717, 1.165) is 25.7 Å². The van der Waals surface area contributed by atoms with E-state index in [4.69, 9.17) is 5.11 Å². The zero-order valence-electron chi connectivity index (χ0n) is 5.92. The Labute approximate surface area is 60.6 Å². The third-order valence-electron chi connectivity index (χ3n) is 1.82. The van der Waals surface area contributed by atoms with Gasteiger partial charge in [0.25, 0.3) is 0 Å². The van der Waals surface area contributed by atoms with Gasteiger partial charge in [-0.15, -0.1) is 0 Å². The SMILES string of the molecule is O=C(O)C1C=CCCCC1. The molecule has 1 aliphatic rings. The number of carboxylic acids is 1. The maximum atomic E-state index is 10.5. The highest BCUT2D eigenvalue weighted by Gasteiger charge is 2.13. The largest absolute Gasteiger partial charge is 0.481 e. The van der Waals surface area contributed by atoms with E-state index in [1.807, 2.05) is 12.2 Å². The monoisotopic (exact) mass is 140 g/mol. The van der Waals surface area contributed by atoms with Crippen LogP contribution in [-0.2, 0) is 4.79 Å². The van der Waals surface area contributed by atoms with Crippen molar-refractivity contribution >= 4 is 5.97 Å². The van der Waals surface area contributed by atoms with Gasteiger partial charge >= 0.3 is 5.97 Å². The van der Waals surface area contributed by atoms with Crippen molar-refractivity contribution in [2.45, 2.75) is 25.7 Å². The second kappa shape index (κ2) is 3.40. The Bertz CT molecular complexity index is 149. The molecule has 0 spiro atoms. The second-order valence-corrected chi connectivity index (χ2v) is 2.66. The van der Waals surface area contributed by atoms with Crippen molar-refractivity contribution in [1.82, 2.24) is 0 Å². The van der Waals surface area contributed by atoms with Crippen LogP contribution < -0.4 is 0 Å². The average Bonchev–Trinajstić information content (AvgIpc) is 2.12. The fraction of sp³-hybridized carbons (Fsp3) is 0.625. The van der Waals surface area contributed by atoms with Crippen molar-refractivity contribution in [3.8, 4) is 0 Å². The van der Waals surface area contributed by atoms with Crippen molar-refractivity contribution in [3.05, 3.63) is 12.2 Å². The van der Waals surface area contributed by atoms with Gasteiger partial charge in [-0.05, 0) is 19.3 Å². The van der Waals surface area contributed by atoms with E-state index in [9.17, 15) is 4.79 Å². The molecule has 1 aliphatic carbocycles. The van der Waals surface area contributed by atoms with Crippen LogP contribution in [0.15, 0.2) is 12.2 Å². The summed E-state index contributed by atoms with van der Waals surface area (Å²) in [5, 5.41) is 8.61. The van der Waals surface area contributed by atoms with Gasteiger partial charge in [-0.1, -0.05) is 18.6 Å². The van der Waals surface area contributed by atoms with E-state index in [1.54, 1.807) is 0 Å². The van der Waals surface area contributed by atoms with Gasteiger partial charge in [0, 0.05) is 0 Å². The molecule has 0 aromatic rings. The minimum Gasteiger partial charge on any atom is -0.481 e. The summed E-state index contributed by atoms with van der Waals surface area (Å²) in [4.78, 5) is 10.5. The lowest BCUT2D eigenvalue weighted by Crippen LogP contribution is -2.09. The summed E-state index contributed by atoms with van der Waals surface area (Å²) in [5.74, 6) is -0.902. The molecule has 0 fully saturated rings. The molecule has 10 heavy (non-hydrogen) atoms. The third-order valence-corrected chi connectivity index (χ3v) is 1.82. The van der Waals surface area contributed by atoms with E-state index >= 15 is 0 Å². The fourth-order valence-corrected chi connectivity index (χ4v) is 1.19. The Morgan fingerprint density at radius 3 is 3.00 bits per heavy atom. The Kier molecular flexibility index (Phi) is 2.49. The van der Waals surface area contributed by atoms with Crippen LogP contribution in [0.4, 0.5) is 0 Å². The molecule has 2 nitrogen and oxygen atoms in total. The third kappa shape index (κ3) is 1.87. The number of allylic oxidation sites excluding steroid dienone is 1. The molecule has 1 N–H and O–H groups in total. The van der Waals surface area contributed by atoms with Crippen LogP contribution in [0.3, 0.4) is 0 Å². The first kappa shape index (κ1) is 7.32. The van der Waals surface area contributed by atoms with Crippen molar-refractivity contribution in [3.63, 3.8) is 0 Å². The lowest BCUT2D eigenvalue weighted by atomic mass is 10.0. The molecule has 1 atom stereocenters. The van der Waals surface area contributed by atoms with Crippen molar-refractivity contribution in [2.24, 2.45) is 5.92 Å². The zero-order valence-corrected chi connectivity index (χ0v) is 5.92. The van der Waals surface area contributed by atoms with Crippen LogP contribution in [0.5, 0.6) is 0 Å². The van der Waals surface area contributed by atoms with E-state index in [-0.39, 0.29) is 5.92 Å². The minimum absolute atomic E-state index is 0.220. The van der Waals surface area contributed by atoms with Gasteiger partial charge in [0.05, 0.1) is 5.92 Å². The predicted octanol–water partition coefficient (Wildman–Crippen LogP) is 1.82. The predicted molar refractivity (Wildman–Crippen MR) is 38.7 cm³/mol. The summed E-state index contributed by atoms with van der Waals surface area (Å²) in [6, 6.07) is 0. The first-order valence-corrected chi connectivity index (χ1v) is 3.70. The molecule has 0 bridgehead atoms. The number of hydrogen-bond donors (Lipinski definition) is 1. The Hall–Kier alpha value is -0.790. The van der Waals surface area contributed by atoms with E-state index in [2.05, 4.69) is 0 Å². The summed E-state index contributed by atoms with van der Waals surface area (Å²) >= 11 is 0. The lowest BCUT2D eigenvalue weighted by Gasteiger charge is -2.02. The van der Waals surface area contributed by atoms with Crippen molar-refractivity contribution in [1.29, 1.82) is 0 Å². The van der Waals surface area contributed by atoms with Gasteiger partial charge in [-0.25, -0.2) is 0 Å². The molecule has 0 aliphatic heterocycles. The van der Waals surface area contributed by atoms with Gasteiger partial charge in [-0.3, -0.25) is 4.79 Å². The Morgan fingerprint density at radius 1 is 1.50 bits per heavy atom. The number of carbonyl (C=O) groups is 1. The maximum absolute atomic E-state index is 10.5. The van der Waals surface area contributed by atoms with E-state index < -0.39 is 5.97 Å². The minimum atomic E-state index is -0.682. The fourth-order valence-electron chi connectivity index (χ4n) is 1.19. The number of aliphatic carboxylic acids is 1. The smallest absolute Gasteiger partial charge is 0.310 e. The molecule has 0 heterocycles. The normalized spacial score (nSPS) is 25.8. The lowest BCUT2D eigenvalue weighted by molar-refractivity contribution is -0.140. The van der Waals surface area contributed by atoms with Crippen LogP contribution in [-0.4, -0.2) is 11.1 Å². The molecule has 2 heteroatoms. The summed E-state index contributed by atoms with van der Waals surface area (Å²) < 4.78 is 0. The van der Waals surface area contributed by atoms with Crippen LogP contribution in [0.25, 0.3) is 0 Å². The number of hydrogen-bond acceptors (Lipinski definition) is 1. The van der Waals surface area contributed by atoms with Crippen LogP contribution in [0.2, 0.25) is 0 Å². The average molecular weight is 140 g/mol. The quantitative estimate of drug-likeness (QED) is 0.564. The molecule has 0 aromatic heterocycles.